The summed E-state index contributed by atoms with van der Waals surface area (Å²) in [4.78, 5) is 25.1. The zero-order chi connectivity index (χ0) is 15.0. The van der Waals surface area contributed by atoms with Crippen molar-refractivity contribution in [3.63, 3.8) is 0 Å². The van der Waals surface area contributed by atoms with Gasteiger partial charge in [0, 0.05) is 26.3 Å². The molecule has 0 aromatic rings. The quantitative estimate of drug-likeness (QED) is 0.579. The molecule has 0 bridgehead atoms. The van der Waals surface area contributed by atoms with Crippen LogP contribution in [0.4, 0.5) is 4.79 Å². The molecule has 2 amide bonds. The number of amides is 2. The summed E-state index contributed by atoms with van der Waals surface area (Å²) in [6, 6.07) is -0.309. The van der Waals surface area contributed by atoms with Crippen LogP contribution in [0, 0.1) is 5.41 Å². The van der Waals surface area contributed by atoms with E-state index in [0.29, 0.717) is 32.6 Å². The van der Waals surface area contributed by atoms with E-state index in [1.54, 1.807) is 0 Å². The standard InChI is InChI=1S/C13H25N3O4/c1-16(2)7-3-6-14-12(19)15-10-13(11(17)18)4-8-20-9-5-13/h3-10H2,1-2H3,(H,17,18)(H2,14,15,19). The molecule has 7 nitrogen and oxygen atoms in total. The Labute approximate surface area is 119 Å². The van der Waals surface area contributed by atoms with Gasteiger partial charge in [0.2, 0.25) is 0 Å². The molecule has 0 radical (unpaired) electrons. The topological polar surface area (TPSA) is 90.9 Å². The summed E-state index contributed by atoms with van der Waals surface area (Å²) in [7, 11) is 3.95. The van der Waals surface area contributed by atoms with Crippen molar-refractivity contribution in [2.45, 2.75) is 19.3 Å². The third-order valence-electron chi connectivity index (χ3n) is 3.56. The lowest BCUT2D eigenvalue weighted by Gasteiger charge is -2.33. The normalized spacial score (nSPS) is 17.8. The molecule has 20 heavy (non-hydrogen) atoms. The molecule has 0 unspecified atom stereocenters. The Hall–Kier alpha value is -1.34. The average molecular weight is 287 g/mol. The fourth-order valence-corrected chi connectivity index (χ4v) is 2.14. The van der Waals surface area contributed by atoms with Crippen LogP contribution < -0.4 is 10.6 Å². The summed E-state index contributed by atoms with van der Waals surface area (Å²) < 4.78 is 5.19. The van der Waals surface area contributed by atoms with Gasteiger partial charge < -0.3 is 25.4 Å². The van der Waals surface area contributed by atoms with Crippen LogP contribution in [0.15, 0.2) is 0 Å². The Bertz CT molecular complexity index is 328. The highest BCUT2D eigenvalue weighted by Gasteiger charge is 2.40. The van der Waals surface area contributed by atoms with Gasteiger partial charge in [-0.25, -0.2) is 4.79 Å². The predicted molar refractivity (Wildman–Crippen MR) is 74.7 cm³/mol. The van der Waals surface area contributed by atoms with Crippen LogP contribution in [0.25, 0.3) is 0 Å². The number of hydrogen-bond acceptors (Lipinski definition) is 4. The lowest BCUT2D eigenvalue weighted by atomic mass is 9.80. The number of hydrogen-bond donors (Lipinski definition) is 3. The van der Waals surface area contributed by atoms with Gasteiger partial charge in [-0.3, -0.25) is 4.79 Å². The van der Waals surface area contributed by atoms with Crippen molar-refractivity contribution in [2.24, 2.45) is 5.41 Å². The molecular weight excluding hydrogens is 262 g/mol. The third kappa shape index (κ3) is 5.34. The number of urea groups is 1. The summed E-state index contributed by atoms with van der Waals surface area (Å²) in [5.74, 6) is -0.867. The molecule has 0 spiro atoms. The highest BCUT2D eigenvalue weighted by molar-refractivity contribution is 5.78. The Balaban J connectivity index is 2.29. The summed E-state index contributed by atoms with van der Waals surface area (Å²) >= 11 is 0. The lowest BCUT2D eigenvalue weighted by molar-refractivity contribution is -0.154. The van der Waals surface area contributed by atoms with Gasteiger partial charge in [0.15, 0.2) is 0 Å². The fourth-order valence-electron chi connectivity index (χ4n) is 2.14. The second-order valence-corrected chi connectivity index (χ2v) is 5.46. The number of rotatable bonds is 7. The molecular formula is C13H25N3O4. The van der Waals surface area contributed by atoms with Gasteiger partial charge in [-0.1, -0.05) is 0 Å². The largest absolute Gasteiger partial charge is 0.481 e. The van der Waals surface area contributed by atoms with E-state index in [9.17, 15) is 14.7 Å². The predicted octanol–water partition coefficient (Wildman–Crippen LogP) is 0.119. The number of carbonyl (C=O) groups excluding carboxylic acids is 1. The van der Waals surface area contributed by atoms with Crippen LogP contribution in [0.2, 0.25) is 0 Å². The SMILES string of the molecule is CN(C)CCCNC(=O)NCC1(C(=O)O)CCOCC1. The minimum Gasteiger partial charge on any atom is -0.481 e. The van der Waals surface area contributed by atoms with E-state index >= 15 is 0 Å². The molecule has 1 rings (SSSR count). The van der Waals surface area contributed by atoms with E-state index < -0.39 is 11.4 Å². The van der Waals surface area contributed by atoms with Gasteiger partial charge in [-0.15, -0.1) is 0 Å². The zero-order valence-electron chi connectivity index (χ0n) is 12.3. The second-order valence-electron chi connectivity index (χ2n) is 5.46. The molecule has 0 aromatic heterocycles. The molecule has 1 saturated heterocycles. The first-order valence-corrected chi connectivity index (χ1v) is 6.94. The first kappa shape index (κ1) is 16.7. The molecule has 0 aromatic carbocycles. The Kier molecular flexibility index (Phi) is 6.74. The van der Waals surface area contributed by atoms with Gasteiger partial charge in [0.1, 0.15) is 0 Å². The van der Waals surface area contributed by atoms with Crippen LogP contribution in [0.1, 0.15) is 19.3 Å². The molecule has 1 aliphatic rings. The number of aliphatic carboxylic acids is 1. The lowest BCUT2D eigenvalue weighted by Crippen LogP contribution is -2.49. The van der Waals surface area contributed by atoms with Gasteiger partial charge in [0.05, 0.1) is 5.41 Å². The molecule has 116 valence electrons. The fraction of sp³-hybridized carbons (Fsp3) is 0.846. The highest BCUT2D eigenvalue weighted by atomic mass is 16.5. The van der Waals surface area contributed by atoms with Gasteiger partial charge in [0.25, 0.3) is 0 Å². The van der Waals surface area contributed by atoms with Crippen LogP contribution in [-0.4, -0.2) is 69.0 Å². The van der Waals surface area contributed by atoms with Crippen LogP contribution in [-0.2, 0) is 9.53 Å². The van der Waals surface area contributed by atoms with Crippen molar-refractivity contribution < 1.29 is 19.4 Å². The Morgan fingerprint density at radius 3 is 2.45 bits per heavy atom. The summed E-state index contributed by atoms with van der Waals surface area (Å²) in [5.41, 5.74) is -0.890. The Morgan fingerprint density at radius 2 is 1.90 bits per heavy atom. The van der Waals surface area contributed by atoms with Crippen LogP contribution >= 0.6 is 0 Å². The molecule has 7 heteroatoms. The van der Waals surface area contributed by atoms with E-state index in [2.05, 4.69) is 10.6 Å². The maximum atomic E-state index is 11.6. The summed E-state index contributed by atoms with van der Waals surface area (Å²) in [6.45, 7) is 2.48. The molecule has 0 aliphatic carbocycles. The van der Waals surface area contributed by atoms with Gasteiger partial charge >= 0.3 is 12.0 Å². The van der Waals surface area contributed by atoms with Crippen molar-refractivity contribution in [1.29, 1.82) is 0 Å². The van der Waals surface area contributed by atoms with Gasteiger partial charge in [-0.05, 0) is 39.9 Å². The van der Waals surface area contributed by atoms with E-state index in [1.807, 2.05) is 19.0 Å². The highest BCUT2D eigenvalue weighted by Crippen LogP contribution is 2.29. The molecule has 1 fully saturated rings. The first-order valence-electron chi connectivity index (χ1n) is 6.94. The molecule has 1 aliphatic heterocycles. The Morgan fingerprint density at radius 1 is 1.25 bits per heavy atom. The molecule has 0 saturated carbocycles. The van der Waals surface area contributed by atoms with Crippen molar-refractivity contribution in [2.75, 3.05) is 46.9 Å². The van der Waals surface area contributed by atoms with Crippen molar-refractivity contribution in [3.05, 3.63) is 0 Å². The molecule has 0 atom stereocenters. The van der Waals surface area contributed by atoms with Crippen LogP contribution in [0.3, 0.4) is 0 Å². The summed E-state index contributed by atoms with van der Waals surface area (Å²) in [5, 5.41) is 14.7. The number of nitrogens with zero attached hydrogens (tertiary/aromatic N) is 1. The van der Waals surface area contributed by atoms with E-state index in [1.165, 1.54) is 0 Å². The molecule has 1 heterocycles. The number of carboxylic acid groups (broad SMARTS) is 1. The average Bonchev–Trinajstić information content (AvgIpc) is 2.42. The number of carbonyl (C=O) groups is 2. The van der Waals surface area contributed by atoms with Gasteiger partial charge in [-0.2, -0.15) is 0 Å². The second kappa shape index (κ2) is 8.06. The van der Waals surface area contributed by atoms with Crippen molar-refractivity contribution >= 4 is 12.0 Å². The molecule has 3 N–H and O–H groups in total. The van der Waals surface area contributed by atoms with Crippen molar-refractivity contribution in [3.8, 4) is 0 Å². The van der Waals surface area contributed by atoms with Crippen molar-refractivity contribution in [1.82, 2.24) is 15.5 Å². The monoisotopic (exact) mass is 287 g/mol. The third-order valence-corrected chi connectivity index (χ3v) is 3.56. The maximum absolute atomic E-state index is 11.6. The maximum Gasteiger partial charge on any atom is 0.314 e. The van der Waals surface area contributed by atoms with E-state index in [0.717, 1.165) is 13.0 Å². The minimum atomic E-state index is -0.890. The first-order chi connectivity index (χ1) is 9.46. The number of nitrogens with one attached hydrogen (secondary N) is 2. The number of ether oxygens (including phenoxy) is 1. The minimum absolute atomic E-state index is 0.144. The number of carboxylic acids is 1. The van der Waals surface area contributed by atoms with E-state index in [-0.39, 0.29) is 12.6 Å². The smallest absolute Gasteiger partial charge is 0.314 e. The summed E-state index contributed by atoms with van der Waals surface area (Å²) in [6.07, 6.45) is 1.73. The van der Waals surface area contributed by atoms with E-state index in [4.69, 9.17) is 4.74 Å². The van der Waals surface area contributed by atoms with Crippen LogP contribution in [0.5, 0.6) is 0 Å². The zero-order valence-corrected chi connectivity index (χ0v) is 12.3.